The molecule has 0 unspecified atom stereocenters. The minimum atomic E-state index is -0.767. The summed E-state index contributed by atoms with van der Waals surface area (Å²) < 4.78 is 0.987. The molecule has 3 N–H and O–H groups in total. The van der Waals surface area contributed by atoms with Gasteiger partial charge in [0.2, 0.25) is 23.6 Å². The monoisotopic (exact) mass is 641 g/mol. The molecule has 42 heavy (non-hydrogen) atoms. The number of piperidine rings is 1. The summed E-state index contributed by atoms with van der Waals surface area (Å²) in [6.07, 6.45) is 3.61. The number of amides is 4. The van der Waals surface area contributed by atoms with Gasteiger partial charge in [-0.1, -0.05) is 68.7 Å². The number of likely N-dealkylation sites (tertiary alicyclic amines) is 1. The number of halogens is 1. The van der Waals surface area contributed by atoms with Gasteiger partial charge in [0.15, 0.2) is 0 Å². The molecular weight excluding hydrogens is 598 g/mol. The number of carbonyl (C=O) groups is 4. The molecule has 9 nitrogen and oxygen atoms in total. The van der Waals surface area contributed by atoms with Gasteiger partial charge in [-0.3, -0.25) is 24.2 Å². The Morgan fingerprint density at radius 1 is 1.19 bits per heavy atom. The lowest BCUT2D eigenvalue weighted by molar-refractivity contribution is -0.145. The molecule has 10 heteroatoms. The number of carbonyl (C=O) groups excluding carboxylic acids is 4. The summed E-state index contributed by atoms with van der Waals surface area (Å²) in [5, 5.41) is 9.06. The second-order valence-corrected chi connectivity index (χ2v) is 15.1. The third kappa shape index (κ3) is 5.88. The molecule has 4 fully saturated rings. The first-order valence-corrected chi connectivity index (χ1v) is 15.9. The Kier molecular flexibility index (Phi) is 8.33. The summed E-state index contributed by atoms with van der Waals surface area (Å²) in [5.74, 6) is -0.547. The van der Waals surface area contributed by atoms with Crippen molar-refractivity contribution >= 4 is 45.8 Å². The van der Waals surface area contributed by atoms with E-state index in [9.17, 15) is 19.2 Å². The number of aliphatic imine (C=N–C) groups is 1. The minimum Gasteiger partial charge on any atom is -0.356 e. The highest BCUT2D eigenvalue weighted by molar-refractivity contribution is 9.10. The smallest absolute Gasteiger partial charge is 0.246 e. The first-order valence-electron chi connectivity index (χ1n) is 15.1. The predicted octanol–water partition coefficient (Wildman–Crippen LogP) is 3.28. The number of hydrogen-bond acceptors (Lipinski definition) is 5. The van der Waals surface area contributed by atoms with Gasteiger partial charge in [0.05, 0.1) is 6.04 Å². The van der Waals surface area contributed by atoms with E-state index >= 15 is 0 Å². The average Bonchev–Trinajstić information content (AvgIpc) is 3.65. The van der Waals surface area contributed by atoms with Gasteiger partial charge in [-0.05, 0) is 59.5 Å². The van der Waals surface area contributed by atoms with Crippen molar-refractivity contribution in [3.8, 4) is 0 Å². The van der Waals surface area contributed by atoms with E-state index < -0.39 is 23.5 Å². The first kappa shape index (κ1) is 30.7. The largest absolute Gasteiger partial charge is 0.356 e. The van der Waals surface area contributed by atoms with E-state index in [-0.39, 0.29) is 58.6 Å². The Morgan fingerprint density at radius 2 is 1.90 bits per heavy atom. The number of nitrogens with zero attached hydrogens (tertiary/aromatic N) is 2. The topological polar surface area (TPSA) is 120 Å². The molecule has 4 amide bonds. The fourth-order valence-electron chi connectivity index (χ4n) is 7.26. The first-order chi connectivity index (χ1) is 19.8. The van der Waals surface area contributed by atoms with Crippen molar-refractivity contribution in [2.24, 2.45) is 39.5 Å². The van der Waals surface area contributed by atoms with Gasteiger partial charge < -0.3 is 20.9 Å². The van der Waals surface area contributed by atoms with Gasteiger partial charge in [-0.25, -0.2) is 0 Å². The average molecular weight is 643 g/mol. The molecule has 0 radical (unpaired) electrons. The molecule has 1 aromatic rings. The summed E-state index contributed by atoms with van der Waals surface area (Å²) in [6, 6.07) is 6.13. The molecule has 5 rings (SSSR count). The van der Waals surface area contributed by atoms with Crippen LogP contribution in [0.2, 0.25) is 0 Å². The summed E-state index contributed by atoms with van der Waals surface area (Å²) in [6.45, 7) is 11.3. The molecule has 2 aliphatic carbocycles. The van der Waals surface area contributed by atoms with Crippen molar-refractivity contribution in [1.29, 1.82) is 0 Å². The van der Waals surface area contributed by atoms with Gasteiger partial charge >= 0.3 is 0 Å². The van der Waals surface area contributed by atoms with E-state index in [1.807, 2.05) is 45.0 Å². The molecule has 2 saturated carbocycles. The van der Waals surface area contributed by atoms with Crippen LogP contribution in [0.1, 0.15) is 65.4 Å². The molecule has 8 atom stereocenters. The zero-order valence-corrected chi connectivity index (χ0v) is 27.0. The van der Waals surface area contributed by atoms with E-state index in [1.165, 1.54) is 0 Å². The van der Waals surface area contributed by atoms with Crippen molar-refractivity contribution in [3.63, 3.8) is 0 Å². The third-order valence-electron chi connectivity index (χ3n) is 9.95. The molecule has 2 saturated heterocycles. The van der Waals surface area contributed by atoms with Crippen molar-refractivity contribution in [1.82, 2.24) is 20.9 Å². The SMILES string of the molecule is C/N=C/[C@H](C[C@@H]1CCNC1=O)NC(=O)[C@@H]1[C@@H]2[C@H](CN1C(=O)[C@@H](NC(=O)[C@@H]1C[C@H]1c1ccccc1Br)C(C)(C)C)C2(C)C. The van der Waals surface area contributed by atoms with Crippen LogP contribution in [0.4, 0.5) is 0 Å². The Morgan fingerprint density at radius 3 is 2.52 bits per heavy atom. The number of fused-ring (bicyclic) bond motifs is 1. The molecule has 2 aliphatic heterocycles. The van der Waals surface area contributed by atoms with Crippen molar-refractivity contribution in [3.05, 3.63) is 34.3 Å². The van der Waals surface area contributed by atoms with Crippen molar-refractivity contribution in [2.75, 3.05) is 20.1 Å². The van der Waals surface area contributed by atoms with Crippen molar-refractivity contribution < 1.29 is 19.2 Å². The Balaban J connectivity index is 1.31. The summed E-state index contributed by atoms with van der Waals surface area (Å²) in [5.41, 5.74) is 0.500. The number of benzene rings is 1. The van der Waals surface area contributed by atoms with E-state index in [1.54, 1.807) is 18.2 Å². The minimum absolute atomic E-state index is 0.00102. The van der Waals surface area contributed by atoms with Gasteiger partial charge in [-0.2, -0.15) is 0 Å². The van der Waals surface area contributed by atoms with Gasteiger partial charge in [-0.15, -0.1) is 0 Å². The highest BCUT2D eigenvalue weighted by Gasteiger charge is 2.70. The predicted molar refractivity (Wildman–Crippen MR) is 165 cm³/mol. The second kappa shape index (κ2) is 11.4. The van der Waals surface area contributed by atoms with E-state index in [0.717, 1.165) is 22.9 Å². The van der Waals surface area contributed by atoms with Crippen LogP contribution in [0, 0.1) is 34.5 Å². The molecule has 4 aliphatic rings. The van der Waals surface area contributed by atoms with Crippen LogP contribution in [0.5, 0.6) is 0 Å². The number of hydrogen-bond donors (Lipinski definition) is 3. The molecular formula is C32H44BrN5O4. The lowest BCUT2D eigenvalue weighted by Crippen LogP contribution is -2.60. The maximum atomic E-state index is 14.2. The Hall–Kier alpha value is -2.75. The zero-order valence-electron chi connectivity index (χ0n) is 25.4. The molecule has 0 bridgehead atoms. The Bertz CT molecular complexity index is 1290. The van der Waals surface area contributed by atoms with Crippen LogP contribution in [-0.4, -0.2) is 73.0 Å². The van der Waals surface area contributed by atoms with E-state index in [0.29, 0.717) is 19.5 Å². The maximum absolute atomic E-state index is 14.2. The highest BCUT2D eigenvalue weighted by atomic mass is 79.9. The fourth-order valence-corrected chi connectivity index (χ4v) is 7.84. The number of rotatable bonds is 9. The second-order valence-electron chi connectivity index (χ2n) is 14.2. The van der Waals surface area contributed by atoms with Gasteiger partial charge in [0.25, 0.3) is 0 Å². The van der Waals surface area contributed by atoms with Gasteiger partial charge in [0, 0.05) is 42.7 Å². The molecule has 0 spiro atoms. The maximum Gasteiger partial charge on any atom is 0.246 e. The molecule has 0 aromatic heterocycles. The quantitative estimate of drug-likeness (QED) is 0.359. The fraction of sp³-hybridized carbons (Fsp3) is 0.656. The lowest BCUT2D eigenvalue weighted by Gasteiger charge is -2.38. The van der Waals surface area contributed by atoms with Gasteiger partial charge in [0.1, 0.15) is 12.1 Å². The lowest BCUT2D eigenvalue weighted by atomic mass is 9.85. The van der Waals surface area contributed by atoms with Crippen LogP contribution >= 0.6 is 15.9 Å². The molecule has 228 valence electrons. The zero-order chi connectivity index (χ0) is 30.6. The van der Waals surface area contributed by atoms with E-state index in [2.05, 4.69) is 50.7 Å². The highest BCUT2D eigenvalue weighted by Crippen LogP contribution is 2.65. The Labute approximate surface area is 257 Å². The summed E-state index contributed by atoms with van der Waals surface area (Å²) >= 11 is 3.60. The standard InChI is InChI=1S/C32H44BrN5O4/c1-31(2,3)26(37-28(40)21-14-20(21)19-9-7-8-10-23(19)33)30(42)38-16-22-24(32(22,4)5)25(38)29(41)36-18(15-34-6)13-17-11-12-35-27(17)39/h7-10,15,17-18,20-22,24-26H,11-14,16H2,1-6H3,(H,35,39)(H,36,41)(H,37,40)/b34-15+/t17-,18-,20-,21+,22-,24-,25-,26+/m0/s1. The van der Waals surface area contributed by atoms with Crippen molar-refractivity contribution in [2.45, 2.75) is 77.9 Å². The third-order valence-corrected chi connectivity index (χ3v) is 10.7. The molecule has 1 aromatic carbocycles. The normalized spacial score (nSPS) is 30.8. The summed E-state index contributed by atoms with van der Waals surface area (Å²) in [7, 11) is 1.65. The molecule has 2 heterocycles. The van der Waals surface area contributed by atoms with Crippen LogP contribution in [0.25, 0.3) is 0 Å². The van der Waals surface area contributed by atoms with Crippen LogP contribution in [0.15, 0.2) is 33.7 Å². The van der Waals surface area contributed by atoms with Crippen LogP contribution in [0.3, 0.4) is 0 Å². The van der Waals surface area contributed by atoms with Crippen LogP contribution < -0.4 is 16.0 Å². The number of nitrogens with one attached hydrogen (secondary N) is 3. The van der Waals surface area contributed by atoms with Crippen LogP contribution in [-0.2, 0) is 19.2 Å². The summed E-state index contributed by atoms with van der Waals surface area (Å²) in [4.78, 5) is 59.7. The van der Waals surface area contributed by atoms with E-state index in [4.69, 9.17) is 0 Å².